The first-order valence-corrected chi connectivity index (χ1v) is 13.8. The van der Waals surface area contributed by atoms with E-state index in [1.807, 2.05) is 0 Å². The lowest BCUT2D eigenvalue weighted by Crippen LogP contribution is -2.07. The summed E-state index contributed by atoms with van der Waals surface area (Å²) in [6, 6.07) is 0. The molecule has 0 nitrogen and oxygen atoms in total. The van der Waals surface area contributed by atoms with Crippen LogP contribution in [0.25, 0.3) is 0 Å². The van der Waals surface area contributed by atoms with Crippen LogP contribution >= 0.6 is 28.4 Å². The lowest BCUT2D eigenvalue weighted by molar-refractivity contribution is 0.586. The maximum atomic E-state index is 2.88. The van der Waals surface area contributed by atoms with E-state index in [2.05, 4.69) is 42.0 Å². The first-order valence-electron chi connectivity index (χ1n) is 9.14. The highest BCUT2D eigenvalue weighted by Gasteiger charge is 2.18. The number of hydrogen-bond acceptors (Lipinski definition) is 0. The SMILES string of the molecule is CCCCCCCCCCS(I)(CCCC)CCCC. The van der Waals surface area contributed by atoms with Gasteiger partial charge in [-0.1, -0.05) is 78.6 Å². The van der Waals surface area contributed by atoms with Gasteiger partial charge in [0, 0.05) is 0 Å². The number of hydrogen-bond donors (Lipinski definition) is 0. The second-order valence-corrected chi connectivity index (χ2v) is 14.9. The lowest BCUT2D eigenvalue weighted by Gasteiger charge is -2.34. The number of halogens is 1. The summed E-state index contributed by atoms with van der Waals surface area (Å²) >= 11 is 2.88. The minimum absolute atomic E-state index is 0.295. The molecule has 0 fully saturated rings. The molecule has 0 radical (unpaired) electrons. The quantitative estimate of drug-likeness (QED) is 0.189. The molecule has 124 valence electrons. The van der Waals surface area contributed by atoms with Gasteiger partial charge in [0.1, 0.15) is 0 Å². The van der Waals surface area contributed by atoms with Gasteiger partial charge in [0.05, 0.1) is 0 Å². The first-order chi connectivity index (χ1) is 9.68. The highest BCUT2D eigenvalue weighted by Crippen LogP contribution is 2.58. The van der Waals surface area contributed by atoms with Gasteiger partial charge in [-0.25, -0.2) is 0 Å². The fourth-order valence-corrected chi connectivity index (χ4v) is 8.36. The zero-order chi connectivity index (χ0) is 15.1. The van der Waals surface area contributed by atoms with Crippen LogP contribution in [0.1, 0.15) is 97.8 Å². The molecule has 0 aromatic rings. The maximum absolute atomic E-state index is 2.88. The van der Waals surface area contributed by atoms with Gasteiger partial charge in [0.15, 0.2) is 0 Å². The molecule has 0 rings (SSSR count). The molecule has 0 bridgehead atoms. The number of unbranched alkanes of at least 4 members (excludes halogenated alkanes) is 9. The molecular formula is C18H39IS. The minimum Gasteiger partial charge on any atom is -0.187 e. The van der Waals surface area contributed by atoms with Gasteiger partial charge in [0.25, 0.3) is 0 Å². The van der Waals surface area contributed by atoms with Crippen LogP contribution in [0.2, 0.25) is 0 Å². The largest absolute Gasteiger partial charge is 0.187 e. The predicted molar refractivity (Wildman–Crippen MR) is 109 cm³/mol. The summed E-state index contributed by atoms with van der Waals surface area (Å²) < 4.78 is 0. The van der Waals surface area contributed by atoms with Crippen LogP contribution in [0, 0.1) is 0 Å². The van der Waals surface area contributed by atoms with E-state index in [-0.39, 0.29) is 7.20 Å². The zero-order valence-electron chi connectivity index (χ0n) is 14.4. The molecule has 0 unspecified atom stereocenters. The average molecular weight is 414 g/mol. The minimum atomic E-state index is -0.295. The van der Waals surface area contributed by atoms with Gasteiger partial charge in [-0.05, 0) is 57.7 Å². The van der Waals surface area contributed by atoms with Crippen molar-refractivity contribution in [2.75, 3.05) is 17.3 Å². The third-order valence-electron chi connectivity index (χ3n) is 4.09. The third kappa shape index (κ3) is 12.8. The predicted octanol–water partition coefficient (Wildman–Crippen LogP) is 7.88. The molecule has 0 saturated carbocycles. The second kappa shape index (κ2) is 15.0. The van der Waals surface area contributed by atoms with E-state index in [1.165, 1.54) is 88.6 Å². The summed E-state index contributed by atoms with van der Waals surface area (Å²) in [5.74, 6) is 4.60. The first kappa shape index (κ1) is 21.1. The Hall–Kier alpha value is 1.08. The van der Waals surface area contributed by atoms with Crippen molar-refractivity contribution in [2.24, 2.45) is 0 Å². The lowest BCUT2D eigenvalue weighted by atomic mass is 10.1. The Labute approximate surface area is 143 Å². The Morgan fingerprint density at radius 1 is 0.500 bits per heavy atom. The Bertz CT molecular complexity index is 186. The van der Waals surface area contributed by atoms with E-state index in [9.17, 15) is 0 Å². The molecule has 2 heteroatoms. The van der Waals surface area contributed by atoms with Crippen molar-refractivity contribution in [3.63, 3.8) is 0 Å². The molecule has 0 aliphatic heterocycles. The molecule has 0 aromatic carbocycles. The van der Waals surface area contributed by atoms with Crippen LogP contribution in [0.3, 0.4) is 0 Å². The van der Waals surface area contributed by atoms with Crippen molar-refractivity contribution >= 4 is 28.4 Å². The molecule has 0 spiro atoms. The van der Waals surface area contributed by atoms with Crippen LogP contribution < -0.4 is 0 Å². The molecule has 0 aromatic heterocycles. The molecule has 0 amide bonds. The van der Waals surface area contributed by atoms with Crippen molar-refractivity contribution < 1.29 is 0 Å². The van der Waals surface area contributed by atoms with Crippen LogP contribution in [-0.4, -0.2) is 17.3 Å². The standard InChI is InChI=1S/C18H39IS/c1-4-7-10-11-12-13-14-15-18-20(19,16-8-5-2)17-9-6-3/h4-18H2,1-3H3. The van der Waals surface area contributed by atoms with E-state index >= 15 is 0 Å². The van der Waals surface area contributed by atoms with Crippen LogP contribution in [0.15, 0.2) is 0 Å². The molecule has 0 atom stereocenters. The highest BCUT2D eigenvalue weighted by atomic mass is 127. The molecule has 0 aliphatic carbocycles. The number of rotatable bonds is 15. The fourth-order valence-electron chi connectivity index (χ4n) is 2.61. The summed E-state index contributed by atoms with van der Waals surface area (Å²) in [6.07, 6.45) is 17.4. The Kier molecular flexibility index (Phi) is 15.8. The van der Waals surface area contributed by atoms with Gasteiger partial charge >= 0.3 is 0 Å². The fraction of sp³-hybridized carbons (Fsp3) is 1.00. The van der Waals surface area contributed by atoms with E-state index < -0.39 is 0 Å². The van der Waals surface area contributed by atoms with E-state index in [1.54, 1.807) is 5.75 Å². The van der Waals surface area contributed by atoms with E-state index in [0.29, 0.717) is 0 Å². The summed E-state index contributed by atoms with van der Waals surface area (Å²) in [5.41, 5.74) is 0. The van der Waals surface area contributed by atoms with Crippen LogP contribution in [0.4, 0.5) is 0 Å². The van der Waals surface area contributed by atoms with Gasteiger partial charge in [-0.2, -0.15) is 7.20 Å². The van der Waals surface area contributed by atoms with Gasteiger partial charge in [-0.15, -0.1) is 0 Å². The Balaban J connectivity index is 3.67. The summed E-state index contributed by atoms with van der Waals surface area (Å²) in [7, 11) is -0.295. The van der Waals surface area contributed by atoms with Crippen molar-refractivity contribution in [3.05, 3.63) is 0 Å². The van der Waals surface area contributed by atoms with Crippen molar-refractivity contribution in [1.29, 1.82) is 0 Å². The topological polar surface area (TPSA) is 0 Å². The summed E-state index contributed by atoms with van der Waals surface area (Å²) in [5, 5.41) is 0. The molecule has 20 heavy (non-hydrogen) atoms. The van der Waals surface area contributed by atoms with Crippen LogP contribution in [-0.2, 0) is 0 Å². The van der Waals surface area contributed by atoms with Gasteiger partial charge in [-0.3, -0.25) is 0 Å². The van der Waals surface area contributed by atoms with Crippen LogP contribution in [0.5, 0.6) is 0 Å². The second-order valence-electron chi connectivity index (χ2n) is 6.23. The molecule has 0 aliphatic rings. The Morgan fingerprint density at radius 2 is 0.850 bits per heavy atom. The van der Waals surface area contributed by atoms with E-state index in [4.69, 9.17) is 0 Å². The third-order valence-corrected chi connectivity index (χ3v) is 11.1. The van der Waals surface area contributed by atoms with Gasteiger partial charge < -0.3 is 0 Å². The van der Waals surface area contributed by atoms with Crippen molar-refractivity contribution in [1.82, 2.24) is 0 Å². The maximum Gasteiger partial charge on any atom is -0.0144 e. The smallest absolute Gasteiger partial charge is 0.0144 e. The zero-order valence-corrected chi connectivity index (χ0v) is 17.4. The van der Waals surface area contributed by atoms with E-state index in [0.717, 1.165) is 0 Å². The molecular weight excluding hydrogens is 375 g/mol. The highest BCUT2D eigenvalue weighted by molar-refractivity contribution is 14.2. The monoisotopic (exact) mass is 414 g/mol. The molecule has 0 saturated heterocycles. The normalized spacial score (nSPS) is 12.8. The van der Waals surface area contributed by atoms with Crippen molar-refractivity contribution in [2.45, 2.75) is 97.8 Å². The summed E-state index contributed by atoms with van der Waals surface area (Å²) in [6.45, 7) is 6.98. The molecule has 0 heterocycles. The van der Waals surface area contributed by atoms with Gasteiger partial charge in [0.2, 0.25) is 0 Å². The molecule has 0 N–H and O–H groups in total. The average Bonchev–Trinajstić information content (AvgIpc) is 2.46. The van der Waals surface area contributed by atoms with Crippen molar-refractivity contribution in [3.8, 4) is 0 Å². The Morgan fingerprint density at radius 3 is 1.30 bits per heavy atom. The summed E-state index contributed by atoms with van der Waals surface area (Å²) in [4.78, 5) is 0.